The molecule has 0 radical (unpaired) electrons. The number of carboxylic acid groups (broad SMARTS) is 1. The fourth-order valence-corrected chi connectivity index (χ4v) is 2.84. The molecule has 8 nitrogen and oxygen atoms in total. The van der Waals surface area contributed by atoms with Gasteiger partial charge in [0.15, 0.2) is 0 Å². The highest BCUT2D eigenvalue weighted by atomic mass is 32.2. The van der Waals surface area contributed by atoms with Gasteiger partial charge in [-0.15, -0.1) is 13.2 Å². The quantitative estimate of drug-likeness (QED) is 0.680. The monoisotopic (exact) mass is 398 g/mol. The lowest BCUT2D eigenvalue weighted by Gasteiger charge is -2.24. The Morgan fingerprint density at radius 3 is 2.19 bits per heavy atom. The van der Waals surface area contributed by atoms with Crippen LogP contribution in [0.2, 0.25) is 0 Å². The van der Waals surface area contributed by atoms with Crippen molar-refractivity contribution in [3.63, 3.8) is 0 Å². The van der Waals surface area contributed by atoms with Gasteiger partial charge in [-0.3, -0.25) is 9.59 Å². The topological polar surface area (TPSA) is 113 Å². The van der Waals surface area contributed by atoms with Crippen LogP contribution in [-0.4, -0.2) is 55.8 Å². The zero-order valence-electron chi connectivity index (χ0n) is 13.8. The summed E-state index contributed by atoms with van der Waals surface area (Å²) < 4.78 is 66.0. The number of carbonyl (C=O) groups is 2. The molecule has 1 rings (SSSR count). The van der Waals surface area contributed by atoms with Crippen LogP contribution in [0, 0.1) is 0 Å². The molecule has 0 saturated heterocycles. The summed E-state index contributed by atoms with van der Waals surface area (Å²) in [7, 11) is -4.19. The Hall–Kier alpha value is -2.34. The van der Waals surface area contributed by atoms with Crippen LogP contribution in [0.3, 0.4) is 0 Å². The van der Waals surface area contributed by atoms with Crippen molar-refractivity contribution in [1.82, 2.24) is 9.62 Å². The van der Waals surface area contributed by atoms with Gasteiger partial charge in [0.05, 0.1) is 11.4 Å². The average molecular weight is 398 g/mol. The Balaban J connectivity index is 2.79. The molecule has 146 valence electrons. The molecule has 0 aliphatic carbocycles. The number of benzene rings is 1. The standard InChI is InChI=1S/C14H17F3N2O6S/c1-9(2)19(8-13(21)22)12(20)7-18-26(23,24)11-5-3-10(4-6-11)25-14(15,16)17/h3-6,9,18H,7-8H2,1-2H3,(H,21,22). The largest absolute Gasteiger partial charge is 0.573 e. The zero-order chi connectivity index (χ0) is 20.1. The lowest BCUT2D eigenvalue weighted by atomic mass is 10.3. The molecule has 0 spiro atoms. The van der Waals surface area contributed by atoms with Crippen molar-refractivity contribution in [3.05, 3.63) is 24.3 Å². The number of rotatable bonds is 8. The lowest BCUT2D eigenvalue weighted by Crippen LogP contribution is -2.45. The summed E-state index contributed by atoms with van der Waals surface area (Å²) in [6.07, 6.45) is -4.91. The van der Waals surface area contributed by atoms with E-state index in [1.54, 1.807) is 13.8 Å². The van der Waals surface area contributed by atoms with E-state index in [9.17, 15) is 31.2 Å². The minimum atomic E-state index is -4.91. The molecule has 2 N–H and O–H groups in total. The molecule has 0 unspecified atom stereocenters. The van der Waals surface area contributed by atoms with Gasteiger partial charge < -0.3 is 14.7 Å². The number of aliphatic carboxylic acids is 1. The number of carbonyl (C=O) groups excluding carboxylic acids is 1. The van der Waals surface area contributed by atoms with Crippen molar-refractivity contribution in [2.75, 3.05) is 13.1 Å². The van der Waals surface area contributed by atoms with Crippen LogP contribution in [0.5, 0.6) is 5.75 Å². The minimum absolute atomic E-state index is 0.380. The Morgan fingerprint density at radius 1 is 1.23 bits per heavy atom. The number of ether oxygens (including phenoxy) is 1. The molecule has 0 aliphatic rings. The van der Waals surface area contributed by atoms with Crippen molar-refractivity contribution < 1.29 is 41.0 Å². The van der Waals surface area contributed by atoms with Gasteiger partial charge in [0, 0.05) is 6.04 Å². The van der Waals surface area contributed by atoms with E-state index in [0.717, 1.165) is 29.2 Å². The number of nitrogens with zero attached hydrogens (tertiary/aromatic N) is 1. The average Bonchev–Trinajstić information content (AvgIpc) is 2.49. The highest BCUT2D eigenvalue weighted by Crippen LogP contribution is 2.23. The Labute approximate surface area is 147 Å². The second-order valence-electron chi connectivity index (χ2n) is 5.35. The van der Waals surface area contributed by atoms with Gasteiger partial charge in [-0.2, -0.15) is 0 Å². The predicted octanol–water partition coefficient (Wildman–Crippen LogP) is 1.19. The smallest absolute Gasteiger partial charge is 0.480 e. The molecule has 26 heavy (non-hydrogen) atoms. The lowest BCUT2D eigenvalue weighted by molar-refractivity contribution is -0.274. The summed E-state index contributed by atoms with van der Waals surface area (Å²) in [4.78, 5) is 23.3. The molecular weight excluding hydrogens is 381 g/mol. The maximum Gasteiger partial charge on any atom is 0.573 e. The van der Waals surface area contributed by atoms with E-state index >= 15 is 0 Å². The Bertz CT molecular complexity index is 747. The third kappa shape index (κ3) is 6.88. The molecule has 0 aromatic heterocycles. The fraction of sp³-hybridized carbons (Fsp3) is 0.429. The van der Waals surface area contributed by atoms with Crippen LogP contribution in [0.1, 0.15) is 13.8 Å². The van der Waals surface area contributed by atoms with Crippen LogP contribution >= 0.6 is 0 Å². The highest BCUT2D eigenvalue weighted by molar-refractivity contribution is 7.89. The molecule has 0 bridgehead atoms. The fourth-order valence-electron chi connectivity index (χ4n) is 1.87. The number of sulfonamides is 1. The molecule has 0 heterocycles. The van der Waals surface area contributed by atoms with Crippen LogP contribution in [0.25, 0.3) is 0 Å². The van der Waals surface area contributed by atoms with E-state index < -0.39 is 53.1 Å². The first kappa shape index (κ1) is 21.7. The summed E-state index contributed by atoms with van der Waals surface area (Å²) in [5.41, 5.74) is 0. The third-order valence-corrected chi connectivity index (χ3v) is 4.45. The van der Waals surface area contributed by atoms with E-state index in [1.807, 2.05) is 4.72 Å². The second-order valence-corrected chi connectivity index (χ2v) is 7.12. The molecule has 0 aliphatic heterocycles. The van der Waals surface area contributed by atoms with Gasteiger partial charge in [0.2, 0.25) is 15.9 Å². The third-order valence-electron chi connectivity index (χ3n) is 3.03. The number of halogens is 3. The first-order valence-electron chi connectivity index (χ1n) is 7.18. The molecule has 1 aromatic rings. The molecule has 12 heteroatoms. The molecule has 0 atom stereocenters. The number of hydrogen-bond acceptors (Lipinski definition) is 5. The zero-order valence-corrected chi connectivity index (χ0v) is 14.6. The first-order valence-corrected chi connectivity index (χ1v) is 8.67. The molecular formula is C14H17F3N2O6S. The van der Waals surface area contributed by atoms with Crippen LogP contribution < -0.4 is 9.46 Å². The van der Waals surface area contributed by atoms with Gasteiger partial charge >= 0.3 is 12.3 Å². The van der Waals surface area contributed by atoms with Crippen molar-refractivity contribution in [2.24, 2.45) is 0 Å². The van der Waals surface area contributed by atoms with Gasteiger partial charge in [-0.1, -0.05) is 0 Å². The van der Waals surface area contributed by atoms with E-state index in [0.29, 0.717) is 0 Å². The summed E-state index contributed by atoms with van der Waals surface area (Å²) in [5, 5.41) is 8.77. The Morgan fingerprint density at radius 2 is 1.77 bits per heavy atom. The minimum Gasteiger partial charge on any atom is -0.480 e. The van der Waals surface area contributed by atoms with E-state index in [2.05, 4.69) is 4.74 Å². The Kier molecular flexibility index (Phi) is 6.98. The molecule has 1 amide bonds. The van der Waals surface area contributed by atoms with Gasteiger partial charge in [0.1, 0.15) is 12.3 Å². The van der Waals surface area contributed by atoms with Crippen LogP contribution in [0.4, 0.5) is 13.2 Å². The van der Waals surface area contributed by atoms with Crippen molar-refractivity contribution in [2.45, 2.75) is 31.1 Å². The number of alkyl halides is 3. The van der Waals surface area contributed by atoms with Gasteiger partial charge in [0.25, 0.3) is 0 Å². The van der Waals surface area contributed by atoms with Crippen molar-refractivity contribution in [1.29, 1.82) is 0 Å². The molecule has 0 fully saturated rings. The maximum atomic E-state index is 12.1. The van der Waals surface area contributed by atoms with Crippen molar-refractivity contribution in [3.8, 4) is 5.75 Å². The maximum absolute atomic E-state index is 12.1. The summed E-state index contributed by atoms with van der Waals surface area (Å²) in [5.74, 6) is -2.61. The second kappa shape index (κ2) is 8.36. The first-order chi connectivity index (χ1) is 11.8. The van der Waals surface area contributed by atoms with E-state index in [4.69, 9.17) is 5.11 Å². The number of amides is 1. The van der Waals surface area contributed by atoms with Gasteiger partial charge in [-0.05, 0) is 38.1 Å². The van der Waals surface area contributed by atoms with Crippen molar-refractivity contribution >= 4 is 21.9 Å². The SMILES string of the molecule is CC(C)N(CC(=O)O)C(=O)CNS(=O)(=O)c1ccc(OC(F)(F)F)cc1. The van der Waals surface area contributed by atoms with Gasteiger partial charge in [-0.25, -0.2) is 13.1 Å². The van der Waals surface area contributed by atoms with Crippen LogP contribution in [-0.2, 0) is 19.6 Å². The van der Waals surface area contributed by atoms with Crippen LogP contribution in [0.15, 0.2) is 29.2 Å². The van der Waals surface area contributed by atoms with E-state index in [1.165, 1.54) is 0 Å². The summed E-state index contributed by atoms with van der Waals surface area (Å²) >= 11 is 0. The number of carboxylic acids is 1. The molecule has 1 aromatic carbocycles. The van der Waals surface area contributed by atoms with E-state index in [-0.39, 0.29) is 4.90 Å². The number of nitrogens with one attached hydrogen (secondary N) is 1. The summed E-state index contributed by atoms with van der Waals surface area (Å²) in [6, 6.07) is 2.92. The molecule has 0 saturated carbocycles. The predicted molar refractivity (Wildman–Crippen MR) is 82.8 cm³/mol. The normalized spacial score (nSPS) is 12.1. The summed E-state index contributed by atoms with van der Waals surface area (Å²) in [6.45, 7) is 1.83. The highest BCUT2D eigenvalue weighted by Gasteiger charge is 2.31. The number of hydrogen-bond donors (Lipinski definition) is 2.